The SMILES string of the molecule is N#Cc1ccc(-c2cccc3c2-c2cc(-c4nc5ccccc5n4-c4ccccc4)ccc2C32c3ccccc3Oc3ccccc32)cc1. The molecule has 0 amide bonds. The lowest BCUT2D eigenvalue weighted by atomic mass is 9.66. The monoisotopic (exact) mass is 625 g/mol. The van der Waals surface area contributed by atoms with Gasteiger partial charge in [-0.1, -0.05) is 109 Å². The van der Waals surface area contributed by atoms with Gasteiger partial charge in [0.2, 0.25) is 0 Å². The molecule has 0 unspecified atom stereocenters. The van der Waals surface area contributed by atoms with Crippen LogP contribution in [0.15, 0.2) is 164 Å². The van der Waals surface area contributed by atoms with Crippen molar-refractivity contribution >= 4 is 11.0 Å². The molecule has 0 N–H and O–H groups in total. The van der Waals surface area contributed by atoms with Gasteiger partial charge in [-0.25, -0.2) is 4.98 Å². The van der Waals surface area contributed by atoms with Crippen LogP contribution in [0, 0.1) is 11.3 Å². The fourth-order valence-corrected chi connectivity index (χ4v) is 8.11. The molecule has 228 valence electrons. The van der Waals surface area contributed by atoms with Gasteiger partial charge in [0, 0.05) is 22.4 Å². The Bertz CT molecular complexity index is 2600. The number of rotatable bonds is 3. The van der Waals surface area contributed by atoms with Crippen LogP contribution in [0.25, 0.3) is 50.4 Å². The number of nitriles is 1. The van der Waals surface area contributed by atoms with Crippen LogP contribution in [0.4, 0.5) is 0 Å². The Labute approximate surface area is 283 Å². The van der Waals surface area contributed by atoms with Gasteiger partial charge >= 0.3 is 0 Å². The fourth-order valence-electron chi connectivity index (χ4n) is 8.11. The van der Waals surface area contributed by atoms with Crippen LogP contribution in [0.3, 0.4) is 0 Å². The Morgan fingerprint density at radius 1 is 0.551 bits per heavy atom. The minimum absolute atomic E-state index is 0.600. The molecule has 0 saturated carbocycles. The molecular weight excluding hydrogens is 599 g/mol. The Morgan fingerprint density at radius 2 is 1.20 bits per heavy atom. The largest absolute Gasteiger partial charge is 0.457 e. The van der Waals surface area contributed by atoms with Crippen LogP contribution in [0.1, 0.15) is 27.8 Å². The highest BCUT2D eigenvalue weighted by Gasteiger charge is 2.51. The average Bonchev–Trinajstić information content (AvgIpc) is 3.70. The first-order valence-corrected chi connectivity index (χ1v) is 16.4. The van der Waals surface area contributed by atoms with E-state index in [1.165, 1.54) is 16.7 Å². The van der Waals surface area contributed by atoms with Crippen molar-refractivity contribution in [2.24, 2.45) is 0 Å². The molecule has 0 fully saturated rings. The van der Waals surface area contributed by atoms with Gasteiger partial charge in [-0.05, 0) is 88.0 Å². The molecule has 2 heterocycles. The van der Waals surface area contributed by atoms with Crippen molar-refractivity contribution in [3.63, 3.8) is 0 Å². The zero-order chi connectivity index (χ0) is 32.5. The van der Waals surface area contributed by atoms with E-state index < -0.39 is 5.41 Å². The molecule has 4 nitrogen and oxygen atoms in total. The summed E-state index contributed by atoms with van der Waals surface area (Å²) >= 11 is 0. The third-order valence-corrected chi connectivity index (χ3v) is 10.1. The van der Waals surface area contributed by atoms with Crippen molar-refractivity contribution in [2.75, 3.05) is 0 Å². The lowest BCUT2D eigenvalue weighted by molar-refractivity contribution is 0.436. The highest BCUT2D eigenvalue weighted by atomic mass is 16.5. The molecule has 8 aromatic rings. The second-order valence-corrected chi connectivity index (χ2v) is 12.6. The molecule has 1 aliphatic carbocycles. The van der Waals surface area contributed by atoms with E-state index in [2.05, 4.69) is 138 Å². The third kappa shape index (κ3) is 3.82. The summed E-state index contributed by atoms with van der Waals surface area (Å²) in [5.41, 5.74) is 13.3. The molecule has 2 aliphatic rings. The molecule has 0 radical (unpaired) electrons. The zero-order valence-corrected chi connectivity index (χ0v) is 26.3. The summed E-state index contributed by atoms with van der Waals surface area (Å²) in [7, 11) is 0. The Hall–Kier alpha value is -6.70. The standard InChI is InChI=1S/C45H27N3O/c46-28-29-21-23-30(24-22-29)33-13-10-16-38-43(33)34-27-31(44-47-39-17-6-7-18-40(39)48(44)32-11-2-1-3-12-32)25-26-35(34)45(38)36-14-4-8-19-41(36)49-42-20-9-5-15-37(42)45/h1-27H. The summed E-state index contributed by atoms with van der Waals surface area (Å²) in [6.45, 7) is 0. The lowest BCUT2D eigenvalue weighted by Gasteiger charge is -2.39. The van der Waals surface area contributed by atoms with Crippen LogP contribution in [-0.2, 0) is 5.41 Å². The molecule has 4 heteroatoms. The normalized spacial score (nSPS) is 13.2. The number of para-hydroxylation sites is 5. The number of imidazole rings is 1. The van der Waals surface area contributed by atoms with E-state index in [1.54, 1.807) is 0 Å². The summed E-state index contributed by atoms with van der Waals surface area (Å²) in [5, 5.41) is 9.56. The van der Waals surface area contributed by atoms with E-state index in [0.29, 0.717) is 5.56 Å². The third-order valence-electron chi connectivity index (χ3n) is 10.1. The van der Waals surface area contributed by atoms with Crippen molar-refractivity contribution in [2.45, 2.75) is 5.41 Å². The molecule has 7 aromatic carbocycles. The Balaban J connectivity index is 1.32. The predicted molar refractivity (Wildman–Crippen MR) is 194 cm³/mol. The molecule has 1 aromatic heterocycles. The van der Waals surface area contributed by atoms with Gasteiger partial charge < -0.3 is 4.74 Å². The van der Waals surface area contributed by atoms with E-state index in [1.807, 2.05) is 36.4 Å². The average molecular weight is 626 g/mol. The van der Waals surface area contributed by atoms with Crippen LogP contribution in [0.5, 0.6) is 11.5 Å². The van der Waals surface area contributed by atoms with Crippen molar-refractivity contribution in [3.05, 3.63) is 192 Å². The van der Waals surface area contributed by atoms with Crippen LogP contribution in [0.2, 0.25) is 0 Å². The van der Waals surface area contributed by atoms with E-state index in [0.717, 1.165) is 67.4 Å². The van der Waals surface area contributed by atoms with Crippen LogP contribution in [-0.4, -0.2) is 9.55 Å². The first-order valence-electron chi connectivity index (χ1n) is 16.4. The first-order chi connectivity index (χ1) is 24.3. The molecule has 0 bridgehead atoms. The van der Waals surface area contributed by atoms with E-state index >= 15 is 0 Å². The van der Waals surface area contributed by atoms with Gasteiger partial charge in [0.05, 0.1) is 28.1 Å². The molecule has 10 rings (SSSR count). The van der Waals surface area contributed by atoms with Crippen molar-refractivity contribution in [3.8, 4) is 56.9 Å². The van der Waals surface area contributed by atoms with Crippen LogP contribution < -0.4 is 4.74 Å². The molecule has 1 spiro atoms. The smallest absolute Gasteiger partial charge is 0.145 e. The predicted octanol–water partition coefficient (Wildman–Crippen LogP) is 10.7. The maximum atomic E-state index is 9.56. The van der Waals surface area contributed by atoms with Crippen molar-refractivity contribution in [1.82, 2.24) is 9.55 Å². The van der Waals surface area contributed by atoms with Crippen molar-refractivity contribution in [1.29, 1.82) is 5.26 Å². The molecular formula is C45H27N3O. The van der Waals surface area contributed by atoms with Gasteiger partial charge in [-0.3, -0.25) is 4.57 Å². The number of fused-ring (bicyclic) bond motifs is 10. The van der Waals surface area contributed by atoms with Gasteiger partial charge in [0.25, 0.3) is 0 Å². The quantitative estimate of drug-likeness (QED) is 0.196. The summed E-state index contributed by atoms with van der Waals surface area (Å²) in [6.07, 6.45) is 0. The van der Waals surface area contributed by atoms with Gasteiger partial charge in [0.15, 0.2) is 0 Å². The number of ether oxygens (including phenoxy) is 1. The van der Waals surface area contributed by atoms with E-state index in [9.17, 15) is 5.26 Å². The molecule has 49 heavy (non-hydrogen) atoms. The number of nitrogens with zero attached hydrogens (tertiary/aromatic N) is 3. The molecule has 0 atom stereocenters. The zero-order valence-electron chi connectivity index (χ0n) is 26.3. The molecule has 1 aliphatic heterocycles. The highest BCUT2D eigenvalue weighted by Crippen LogP contribution is 2.63. The number of hydrogen-bond acceptors (Lipinski definition) is 3. The minimum atomic E-state index is -0.600. The maximum absolute atomic E-state index is 9.56. The maximum Gasteiger partial charge on any atom is 0.145 e. The summed E-state index contributed by atoms with van der Waals surface area (Å²) < 4.78 is 8.84. The first kappa shape index (κ1) is 27.4. The van der Waals surface area contributed by atoms with E-state index in [4.69, 9.17) is 9.72 Å². The highest BCUT2D eigenvalue weighted by molar-refractivity contribution is 5.98. The number of benzene rings is 7. The Morgan fingerprint density at radius 3 is 1.96 bits per heavy atom. The number of hydrogen-bond donors (Lipinski definition) is 0. The Kier molecular flexibility index (Phi) is 5.82. The number of aromatic nitrogens is 2. The second-order valence-electron chi connectivity index (χ2n) is 12.6. The second kappa shape index (κ2) is 10.4. The fraction of sp³-hybridized carbons (Fsp3) is 0.0222. The van der Waals surface area contributed by atoms with Gasteiger partial charge in [0.1, 0.15) is 17.3 Å². The summed E-state index contributed by atoms with van der Waals surface area (Å²) in [4.78, 5) is 5.23. The van der Waals surface area contributed by atoms with Crippen molar-refractivity contribution < 1.29 is 4.74 Å². The van der Waals surface area contributed by atoms with Gasteiger partial charge in [-0.15, -0.1) is 0 Å². The van der Waals surface area contributed by atoms with E-state index in [-0.39, 0.29) is 0 Å². The summed E-state index contributed by atoms with van der Waals surface area (Å²) in [6, 6.07) is 59.3. The topological polar surface area (TPSA) is 50.8 Å². The van der Waals surface area contributed by atoms with Gasteiger partial charge in [-0.2, -0.15) is 5.26 Å². The molecule has 0 saturated heterocycles. The van der Waals surface area contributed by atoms with Crippen LogP contribution >= 0.6 is 0 Å². The minimum Gasteiger partial charge on any atom is -0.457 e. The lowest BCUT2D eigenvalue weighted by Crippen LogP contribution is -2.32. The summed E-state index contributed by atoms with van der Waals surface area (Å²) in [5.74, 6) is 2.61.